The molecule has 0 amide bonds. The third kappa shape index (κ3) is 4.96. The fraction of sp³-hybridized carbons (Fsp3) is 0.0714. The average molecular weight is 408 g/mol. The Labute approximate surface area is 183 Å². The maximum absolute atomic E-state index is 5.34. The molecule has 0 aliphatic carbocycles. The monoisotopic (exact) mass is 407 g/mol. The molecule has 0 atom stereocenters. The summed E-state index contributed by atoms with van der Waals surface area (Å²) in [6, 6.07) is 35.0. The lowest BCUT2D eigenvalue weighted by Crippen LogP contribution is -2.10. The molecular weight excluding hydrogens is 382 g/mol. The quantitative estimate of drug-likeness (QED) is 0.299. The largest absolute Gasteiger partial charge is 0.497 e. The van der Waals surface area contributed by atoms with Gasteiger partial charge in [-0.15, -0.1) is 0 Å². The summed E-state index contributed by atoms with van der Waals surface area (Å²) in [5.41, 5.74) is 5.49. The Hall–Kier alpha value is -3.98. The van der Waals surface area contributed by atoms with Crippen LogP contribution in [0.3, 0.4) is 0 Å². The maximum atomic E-state index is 5.34. The first-order chi connectivity index (χ1) is 15.3. The van der Waals surface area contributed by atoms with Gasteiger partial charge in [-0.1, -0.05) is 54.6 Å². The van der Waals surface area contributed by atoms with E-state index >= 15 is 0 Å². The minimum Gasteiger partial charge on any atom is -0.497 e. The fourth-order valence-electron chi connectivity index (χ4n) is 3.43. The molecule has 0 saturated heterocycles. The Morgan fingerprint density at radius 1 is 0.516 bits per heavy atom. The average Bonchev–Trinajstić information content (AvgIpc) is 2.85. The van der Waals surface area contributed by atoms with Crippen molar-refractivity contribution in [2.75, 3.05) is 19.1 Å². The molecule has 0 heterocycles. The van der Waals surface area contributed by atoms with Gasteiger partial charge < -0.3 is 14.4 Å². The molecule has 0 aliphatic heterocycles. The topological polar surface area (TPSA) is 21.7 Å². The summed E-state index contributed by atoms with van der Waals surface area (Å²) in [6.07, 6.45) is 4.27. The van der Waals surface area contributed by atoms with Crippen LogP contribution in [0.15, 0.2) is 103 Å². The molecule has 0 spiro atoms. The summed E-state index contributed by atoms with van der Waals surface area (Å²) in [7, 11) is 3.36. The summed E-state index contributed by atoms with van der Waals surface area (Å²) in [4.78, 5) is 2.22. The molecule has 4 aromatic rings. The van der Waals surface area contributed by atoms with E-state index in [-0.39, 0.29) is 0 Å². The second-order valence-electron chi connectivity index (χ2n) is 7.07. The standard InChI is InChI=1S/C28H25NO2/c1-30-27-17-13-24(14-18-27)29(25-15-19-28(31-2)20-16-25)26-10-6-9-23(21-26)12-11-22-7-4-3-5-8-22/h3-21H,1-2H3/b12-11+. The molecule has 0 N–H and O–H groups in total. The lowest BCUT2D eigenvalue weighted by Gasteiger charge is -2.26. The summed E-state index contributed by atoms with van der Waals surface area (Å²) in [6.45, 7) is 0. The van der Waals surface area contributed by atoms with Gasteiger partial charge in [0, 0.05) is 17.1 Å². The van der Waals surface area contributed by atoms with Crippen LogP contribution in [0.1, 0.15) is 11.1 Å². The summed E-state index contributed by atoms with van der Waals surface area (Å²) < 4.78 is 10.7. The van der Waals surface area contributed by atoms with Gasteiger partial charge in [0.05, 0.1) is 14.2 Å². The first-order valence-electron chi connectivity index (χ1n) is 10.2. The number of benzene rings is 4. The van der Waals surface area contributed by atoms with Crippen molar-refractivity contribution >= 4 is 29.2 Å². The predicted octanol–water partition coefficient (Wildman–Crippen LogP) is 7.34. The van der Waals surface area contributed by atoms with Crippen LogP contribution in [-0.2, 0) is 0 Å². The van der Waals surface area contributed by atoms with Crippen molar-refractivity contribution in [2.45, 2.75) is 0 Å². The Morgan fingerprint density at radius 2 is 1.03 bits per heavy atom. The van der Waals surface area contributed by atoms with E-state index in [0.717, 1.165) is 34.1 Å². The zero-order chi connectivity index (χ0) is 21.5. The molecule has 0 bridgehead atoms. The van der Waals surface area contributed by atoms with Crippen molar-refractivity contribution in [2.24, 2.45) is 0 Å². The number of nitrogens with zero attached hydrogens (tertiary/aromatic N) is 1. The fourth-order valence-corrected chi connectivity index (χ4v) is 3.43. The molecule has 0 radical (unpaired) electrons. The molecule has 154 valence electrons. The molecule has 0 aromatic heterocycles. The van der Waals surface area contributed by atoms with Gasteiger partial charge in [-0.2, -0.15) is 0 Å². The highest BCUT2D eigenvalue weighted by Crippen LogP contribution is 2.36. The van der Waals surface area contributed by atoms with E-state index < -0.39 is 0 Å². The van der Waals surface area contributed by atoms with Crippen LogP contribution in [0.4, 0.5) is 17.1 Å². The van der Waals surface area contributed by atoms with Crippen LogP contribution in [0.5, 0.6) is 11.5 Å². The lowest BCUT2D eigenvalue weighted by atomic mass is 10.1. The van der Waals surface area contributed by atoms with E-state index in [1.807, 2.05) is 42.5 Å². The molecule has 0 aliphatic rings. The predicted molar refractivity (Wildman–Crippen MR) is 130 cm³/mol. The van der Waals surface area contributed by atoms with Gasteiger partial charge in [0.15, 0.2) is 0 Å². The zero-order valence-electron chi connectivity index (χ0n) is 17.7. The molecule has 0 fully saturated rings. The third-order valence-corrected chi connectivity index (χ3v) is 5.06. The molecule has 4 aromatic carbocycles. The highest BCUT2D eigenvalue weighted by molar-refractivity contribution is 5.79. The van der Waals surface area contributed by atoms with Crippen molar-refractivity contribution in [3.8, 4) is 11.5 Å². The first kappa shape index (κ1) is 20.3. The normalized spacial score (nSPS) is 10.8. The van der Waals surface area contributed by atoms with E-state index in [1.165, 1.54) is 5.56 Å². The van der Waals surface area contributed by atoms with Gasteiger partial charge in [0.2, 0.25) is 0 Å². The second-order valence-corrected chi connectivity index (χ2v) is 7.07. The van der Waals surface area contributed by atoms with Gasteiger partial charge in [0.1, 0.15) is 11.5 Å². The van der Waals surface area contributed by atoms with Crippen LogP contribution in [0.2, 0.25) is 0 Å². The van der Waals surface area contributed by atoms with E-state index in [4.69, 9.17) is 9.47 Å². The minimum atomic E-state index is 0.831. The number of anilines is 3. The number of hydrogen-bond acceptors (Lipinski definition) is 3. The zero-order valence-corrected chi connectivity index (χ0v) is 17.7. The number of hydrogen-bond donors (Lipinski definition) is 0. The SMILES string of the molecule is COc1ccc(N(c2ccc(OC)cc2)c2cccc(/C=C/c3ccccc3)c2)cc1. The van der Waals surface area contributed by atoms with Crippen LogP contribution >= 0.6 is 0 Å². The maximum Gasteiger partial charge on any atom is 0.119 e. The molecule has 3 heteroatoms. The number of rotatable bonds is 7. The second kappa shape index (κ2) is 9.68. The van der Waals surface area contributed by atoms with E-state index in [2.05, 4.69) is 77.7 Å². The van der Waals surface area contributed by atoms with Crippen LogP contribution in [0, 0.1) is 0 Å². The molecular formula is C28H25NO2. The smallest absolute Gasteiger partial charge is 0.119 e. The Balaban J connectivity index is 1.72. The Morgan fingerprint density at radius 3 is 1.58 bits per heavy atom. The Kier molecular flexibility index (Phi) is 6.34. The van der Waals surface area contributed by atoms with Crippen molar-refractivity contribution < 1.29 is 9.47 Å². The summed E-state index contributed by atoms with van der Waals surface area (Å²) >= 11 is 0. The van der Waals surface area contributed by atoms with Crippen LogP contribution in [0.25, 0.3) is 12.2 Å². The van der Waals surface area contributed by atoms with Crippen molar-refractivity contribution in [1.29, 1.82) is 0 Å². The minimum absolute atomic E-state index is 0.831. The van der Waals surface area contributed by atoms with Gasteiger partial charge in [0.25, 0.3) is 0 Å². The lowest BCUT2D eigenvalue weighted by molar-refractivity contribution is 0.415. The summed E-state index contributed by atoms with van der Waals surface area (Å²) in [5.74, 6) is 1.66. The highest BCUT2D eigenvalue weighted by atomic mass is 16.5. The van der Waals surface area contributed by atoms with Crippen LogP contribution in [-0.4, -0.2) is 14.2 Å². The van der Waals surface area contributed by atoms with Crippen molar-refractivity contribution in [3.05, 3.63) is 114 Å². The number of ether oxygens (including phenoxy) is 2. The molecule has 4 rings (SSSR count). The number of methoxy groups -OCH3 is 2. The van der Waals surface area contributed by atoms with E-state index in [1.54, 1.807) is 14.2 Å². The van der Waals surface area contributed by atoms with Gasteiger partial charge in [-0.3, -0.25) is 0 Å². The van der Waals surface area contributed by atoms with Gasteiger partial charge in [-0.25, -0.2) is 0 Å². The molecule has 0 saturated carbocycles. The van der Waals surface area contributed by atoms with E-state index in [0.29, 0.717) is 0 Å². The third-order valence-electron chi connectivity index (χ3n) is 5.06. The Bertz CT molecular complexity index is 1090. The van der Waals surface area contributed by atoms with E-state index in [9.17, 15) is 0 Å². The molecule has 31 heavy (non-hydrogen) atoms. The highest BCUT2D eigenvalue weighted by Gasteiger charge is 2.13. The van der Waals surface area contributed by atoms with Crippen molar-refractivity contribution in [3.63, 3.8) is 0 Å². The molecule has 0 unspecified atom stereocenters. The van der Waals surface area contributed by atoms with Gasteiger partial charge >= 0.3 is 0 Å². The van der Waals surface area contributed by atoms with Gasteiger partial charge in [-0.05, 0) is 71.8 Å². The first-order valence-corrected chi connectivity index (χ1v) is 10.2. The van der Waals surface area contributed by atoms with Crippen LogP contribution < -0.4 is 14.4 Å². The molecule has 3 nitrogen and oxygen atoms in total. The van der Waals surface area contributed by atoms with Crippen molar-refractivity contribution in [1.82, 2.24) is 0 Å². The summed E-state index contributed by atoms with van der Waals surface area (Å²) in [5, 5.41) is 0.